The van der Waals surface area contributed by atoms with Crippen LogP contribution in [-0.4, -0.2) is 45.8 Å². The first-order valence-electron chi connectivity index (χ1n) is 7.72. The van der Waals surface area contributed by atoms with E-state index in [2.05, 4.69) is 10.6 Å². The maximum atomic E-state index is 14.2. The van der Waals surface area contributed by atoms with Crippen LogP contribution in [0, 0.1) is 5.82 Å². The van der Waals surface area contributed by atoms with E-state index in [1.165, 1.54) is 0 Å². The second-order valence-electron chi connectivity index (χ2n) is 5.68. The van der Waals surface area contributed by atoms with Gasteiger partial charge in [-0.2, -0.15) is 0 Å². The lowest BCUT2D eigenvalue weighted by Crippen LogP contribution is -2.40. The Morgan fingerprint density at radius 2 is 2.35 bits per heavy atom. The topological polar surface area (TPSA) is 53.6 Å². The first-order valence-corrected chi connectivity index (χ1v) is 8.09. The molecule has 1 fully saturated rings. The zero-order valence-corrected chi connectivity index (χ0v) is 14.3. The molecule has 1 aromatic rings. The maximum absolute atomic E-state index is 14.2. The van der Waals surface area contributed by atoms with Crippen molar-refractivity contribution in [3.05, 3.63) is 28.5 Å². The van der Waals surface area contributed by atoms with E-state index in [1.54, 1.807) is 19.2 Å². The zero-order valence-electron chi connectivity index (χ0n) is 13.5. The summed E-state index contributed by atoms with van der Waals surface area (Å²) in [6.45, 7) is 2.19. The average Bonchev–Trinajstić information content (AvgIpc) is 3.08. The Morgan fingerprint density at radius 3 is 3.00 bits per heavy atom. The van der Waals surface area contributed by atoms with Gasteiger partial charge in [-0.05, 0) is 31.5 Å². The van der Waals surface area contributed by atoms with Crippen molar-refractivity contribution in [3.8, 4) is 0 Å². The minimum Gasteiger partial charge on any atom is -0.383 e. The molecule has 0 unspecified atom stereocenters. The number of anilines is 1. The normalized spacial score (nSPS) is 17.3. The smallest absolute Gasteiger partial charge is 0.237 e. The lowest BCUT2D eigenvalue weighted by atomic mass is 10.1. The molecule has 1 aliphatic heterocycles. The Labute approximate surface area is 141 Å². The minimum absolute atomic E-state index is 0.0509. The molecule has 128 valence electrons. The van der Waals surface area contributed by atoms with E-state index in [4.69, 9.17) is 16.3 Å². The van der Waals surface area contributed by atoms with E-state index in [0.29, 0.717) is 18.7 Å². The molecule has 2 N–H and O–H groups in total. The molecule has 1 amide bonds. The van der Waals surface area contributed by atoms with Crippen molar-refractivity contribution in [2.75, 3.05) is 38.8 Å². The van der Waals surface area contributed by atoms with Gasteiger partial charge in [-0.3, -0.25) is 4.79 Å². The van der Waals surface area contributed by atoms with E-state index in [1.807, 2.05) is 11.9 Å². The summed E-state index contributed by atoms with van der Waals surface area (Å²) in [4.78, 5) is 13.9. The van der Waals surface area contributed by atoms with Crippen molar-refractivity contribution in [1.82, 2.24) is 10.6 Å². The summed E-state index contributed by atoms with van der Waals surface area (Å²) < 4.78 is 19.2. The number of halogens is 2. The predicted octanol–water partition coefficient (Wildman–Crippen LogP) is 1.93. The Balaban J connectivity index is 2.04. The molecule has 1 saturated heterocycles. The van der Waals surface area contributed by atoms with E-state index in [-0.39, 0.29) is 23.5 Å². The Bertz CT molecular complexity index is 550. The van der Waals surface area contributed by atoms with Crippen LogP contribution in [0.4, 0.5) is 10.1 Å². The largest absolute Gasteiger partial charge is 0.383 e. The molecule has 0 bridgehead atoms. The van der Waals surface area contributed by atoms with Crippen LogP contribution in [0.1, 0.15) is 18.4 Å². The van der Waals surface area contributed by atoms with Crippen LogP contribution in [0.15, 0.2) is 12.1 Å². The number of hydrogen-bond donors (Lipinski definition) is 2. The third-order valence-electron chi connectivity index (χ3n) is 3.99. The number of benzene rings is 1. The SMILES string of the molecule is COCCN(C)c1cc(Cl)c(F)c(CNC(=O)[C@@H]2CCCN2)c1. The minimum atomic E-state index is -0.491. The fourth-order valence-corrected chi connectivity index (χ4v) is 2.78. The zero-order chi connectivity index (χ0) is 16.8. The Kier molecular flexibility index (Phi) is 6.62. The van der Waals surface area contributed by atoms with Crippen molar-refractivity contribution in [1.29, 1.82) is 0 Å². The predicted molar refractivity (Wildman–Crippen MR) is 89.4 cm³/mol. The molecule has 1 atom stereocenters. The van der Waals surface area contributed by atoms with Crippen LogP contribution < -0.4 is 15.5 Å². The number of rotatable bonds is 7. The number of methoxy groups -OCH3 is 1. The van der Waals surface area contributed by atoms with Crippen LogP contribution in [-0.2, 0) is 16.1 Å². The first-order chi connectivity index (χ1) is 11.0. The highest BCUT2D eigenvalue weighted by atomic mass is 35.5. The van der Waals surface area contributed by atoms with Gasteiger partial charge < -0.3 is 20.3 Å². The van der Waals surface area contributed by atoms with E-state index < -0.39 is 5.82 Å². The lowest BCUT2D eigenvalue weighted by molar-refractivity contribution is -0.122. The summed E-state index contributed by atoms with van der Waals surface area (Å²) in [5, 5.41) is 5.94. The standard InChI is InChI=1S/C16H23ClFN3O2/c1-21(6-7-23-2)12-8-11(15(18)13(17)9-12)10-20-16(22)14-4-3-5-19-14/h8-9,14,19H,3-7,10H2,1-2H3,(H,20,22)/t14-/m0/s1. The van der Waals surface area contributed by atoms with Crippen LogP contribution >= 0.6 is 11.6 Å². The first kappa shape index (κ1) is 18.0. The van der Waals surface area contributed by atoms with Crippen molar-refractivity contribution in [2.45, 2.75) is 25.4 Å². The van der Waals surface area contributed by atoms with Crippen molar-refractivity contribution >= 4 is 23.2 Å². The molecule has 0 radical (unpaired) electrons. The molecule has 5 nitrogen and oxygen atoms in total. The molecule has 23 heavy (non-hydrogen) atoms. The third kappa shape index (κ3) is 4.80. The second-order valence-corrected chi connectivity index (χ2v) is 6.09. The van der Waals surface area contributed by atoms with E-state index in [9.17, 15) is 9.18 Å². The fraction of sp³-hybridized carbons (Fsp3) is 0.562. The Morgan fingerprint density at radius 1 is 1.57 bits per heavy atom. The molecule has 0 saturated carbocycles. The monoisotopic (exact) mass is 343 g/mol. The van der Waals surface area contributed by atoms with Gasteiger partial charge in [-0.1, -0.05) is 11.6 Å². The van der Waals surface area contributed by atoms with Gasteiger partial charge in [0.05, 0.1) is 17.7 Å². The van der Waals surface area contributed by atoms with Crippen LogP contribution in [0.25, 0.3) is 0 Å². The summed E-state index contributed by atoms with van der Waals surface area (Å²) in [5.41, 5.74) is 1.17. The number of nitrogens with one attached hydrogen (secondary N) is 2. The number of nitrogens with zero attached hydrogens (tertiary/aromatic N) is 1. The molecule has 1 aromatic carbocycles. The summed E-state index contributed by atoms with van der Waals surface area (Å²) in [6.07, 6.45) is 1.80. The maximum Gasteiger partial charge on any atom is 0.237 e. The average molecular weight is 344 g/mol. The summed E-state index contributed by atoms with van der Waals surface area (Å²) in [6, 6.07) is 3.11. The highest BCUT2D eigenvalue weighted by Gasteiger charge is 2.22. The number of carbonyl (C=O) groups is 1. The number of carbonyl (C=O) groups excluding carboxylic acids is 1. The van der Waals surface area contributed by atoms with E-state index in [0.717, 1.165) is 25.1 Å². The van der Waals surface area contributed by atoms with Gasteiger partial charge in [0.25, 0.3) is 0 Å². The van der Waals surface area contributed by atoms with Gasteiger partial charge in [-0.15, -0.1) is 0 Å². The molecule has 1 aliphatic rings. The van der Waals surface area contributed by atoms with Crippen LogP contribution in [0.5, 0.6) is 0 Å². The van der Waals surface area contributed by atoms with Gasteiger partial charge in [-0.25, -0.2) is 4.39 Å². The molecular weight excluding hydrogens is 321 g/mol. The summed E-state index contributed by atoms with van der Waals surface area (Å²) >= 11 is 5.98. The van der Waals surface area contributed by atoms with Crippen molar-refractivity contribution < 1.29 is 13.9 Å². The number of likely N-dealkylation sites (N-methyl/N-ethyl adjacent to an activating group) is 1. The summed E-state index contributed by atoms with van der Waals surface area (Å²) in [5.74, 6) is -0.591. The van der Waals surface area contributed by atoms with Crippen molar-refractivity contribution in [2.24, 2.45) is 0 Å². The van der Waals surface area contributed by atoms with Crippen LogP contribution in [0.2, 0.25) is 5.02 Å². The molecule has 2 rings (SSSR count). The molecule has 0 aromatic heterocycles. The molecular formula is C16H23ClFN3O2. The molecule has 0 spiro atoms. The number of amides is 1. The lowest BCUT2D eigenvalue weighted by Gasteiger charge is -2.21. The van der Waals surface area contributed by atoms with Crippen LogP contribution in [0.3, 0.4) is 0 Å². The van der Waals surface area contributed by atoms with E-state index >= 15 is 0 Å². The molecule has 7 heteroatoms. The van der Waals surface area contributed by atoms with Gasteiger partial charge in [0.2, 0.25) is 5.91 Å². The summed E-state index contributed by atoms with van der Waals surface area (Å²) in [7, 11) is 3.51. The van der Waals surface area contributed by atoms with Gasteiger partial charge in [0.15, 0.2) is 0 Å². The molecule has 0 aliphatic carbocycles. The second kappa shape index (κ2) is 8.47. The highest BCUT2D eigenvalue weighted by Crippen LogP contribution is 2.26. The Hall–Kier alpha value is -1.37. The fourth-order valence-electron chi connectivity index (χ4n) is 2.55. The number of ether oxygens (including phenoxy) is 1. The quantitative estimate of drug-likeness (QED) is 0.794. The third-order valence-corrected chi connectivity index (χ3v) is 4.26. The number of hydrogen-bond acceptors (Lipinski definition) is 4. The van der Waals surface area contributed by atoms with Crippen molar-refractivity contribution in [3.63, 3.8) is 0 Å². The highest BCUT2D eigenvalue weighted by molar-refractivity contribution is 6.31. The van der Waals surface area contributed by atoms with Gasteiger partial charge >= 0.3 is 0 Å². The van der Waals surface area contributed by atoms with Gasteiger partial charge in [0.1, 0.15) is 5.82 Å². The molecule has 1 heterocycles. The van der Waals surface area contributed by atoms with Gasteiger partial charge in [0, 0.05) is 38.5 Å².